The van der Waals surface area contributed by atoms with Gasteiger partial charge in [0.1, 0.15) is 12.0 Å². The van der Waals surface area contributed by atoms with E-state index in [9.17, 15) is 14.7 Å². The van der Waals surface area contributed by atoms with Crippen molar-refractivity contribution < 1.29 is 34.0 Å². The maximum Gasteiger partial charge on any atom is 0.312 e. The molecule has 0 aromatic rings. The predicted molar refractivity (Wildman–Crippen MR) is 65.7 cm³/mol. The fourth-order valence-electron chi connectivity index (χ4n) is 2.05. The van der Waals surface area contributed by atoms with Crippen molar-refractivity contribution in [1.29, 1.82) is 0 Å². The fourth-order valence-corrected chi connectivity index (χ4v) is 2.95. The van der Waals surface area contributed by atoms with Crippen LogP contribution in [0.5, 0.6) is 0 Å². The van der Waals surface area contributed by atoms with Crippen molar-refractivity contribution in [1.82, 2.24) is 0 Å². The Labute approximate surface area is 108 Å². The average Bonchev–Trinajstić information content (AvgIpc) is 2.33. The number of carboxylic acid groups (broad SMARTS) is 2. The van der Waals surface area contributed by atoms with Gasteiger partial charge in [0.15, 0.2) is 0 Å². The van der Waals surface area contributed by atoms with Crippen LogP contribution in [0.2, 0.25) is 6.04 Å². The largest absolute Gasteiger partial charge is 0.481 e. The first kappa shape index (κ1) is 17.0. The highest BCUT2D eigenvalue weighted by Crippen LogP contribution is 2.32. The Morgan fingerprint density at radius 3 is 1.94 bits per heavy atom. The molecule has 2 N–H and O–H groups in total. The Morgan fingerprint density at radius 2 is 1.72 bits per heavy atom. The molecule has 0 amide bonds. The summed E-state index contributed by atoms with van der Waals surface area (Å²) in [6, 6.07) is 0.557. The molecule has 0 rings (SSSR count). The van der Waals surface area contributed by atoms with Crippen LogP contribution in [-0.2, 0) is 23.8 Å². The molecule has 2 atom stereocenters. The summed E-state index contributed by atoms with van der Waals surface area (Å²) in [4.78, 5) is 22.1. The zero-order chi connectivity index (χ0) is 14.3. The van der Waals surface area contributed by atoms with Gasteiger partial charge in [0.05, 0.1) is 6.42 Å². The first-order valence-electron chi connectivity index (χ1n) is 5.47. The lowest BCUT2D eigenvalue weighted by Crippen LogP contribution is -2.55. The highest BCUT2D eigenvalue weighted by molar-refractivity contribution is 6.09. The smallest absolute Gasteiger partial charge is 0.312 e. The number of ether oxygens (including phenoxy) is 3. The molecule has 106 valence electrons. The van der Waals surface area contributed by atoms with Crippen molar-refractivity contribution in [2.45, 2.75) is 24.4 Å². The molecule has 0 radical (unpaired) electrons. The third-order valence-electron chi connectivity index (χ3n) is 2.90. The molecule has 2 unspecified atom stereocenters. The Morgan fingerprint density at radius 1 is 1.22 bits per heavy atom. The molecule has 0 spiro atoms. The maximum atomic E-state index is 11.3. The van der Waals surface area contributed by atoms with Gasteiger partial charge in [0.25, 0.3) is 0 Å². The van der Waals surface area contributed by atoms with Gasteiger partial charge in [-0.05, 0) is 6.04 Å². The molecule has 8 heteroatoms. The molecule has 0 aromatic heterocycles. The van der Waals surface area contributed by atoms with E-state index >= 15 is 0 Å². The van der Waals surface area contributed by atoms with Crippen molar-refractivity contribution in [2.75, 3.05) is 21.3 Å². The lowest BCUT2D eigenvalue weighted by molar-refractivity contribution is -0.287. The quantitative estimate of drug-likeness (QED) is 0.410. The molecule has 0 fully saturated rings. The van der Waals surface area contributed by atoms with Gasteiger partial charge in [-0.15, -0.1) is 0 Å². The third kappa shape index (κ3) is 3.51. The summed E-state index contributed by atoms with van der Waals surface area (Å²) in [7, 11) is 4.71. The average molecular weight is 280 g/mol. The van der Waals surface area contributed by atoms with Gasteiger partial charge >= 0.3 is 11.9 Å². The van der Waals surface area contributed by atoms with E-state index in [0.29, 0.717) is 6.04 Å². The van der Waals surface area contributed by atoms with Crippen molar-refractivity contribution in [2.24, 2.45) is 5.92 Å². The molecular formula is C10H20O7Si. The van der Waals surface area contributed by atoms with Gasteiger partial charge in [-0.3, -0.25) is 9.59 Å². The standard InChI is InChI=1S/C10H20O7Si/c1-15-7(5-18)10(16-2,17-3)6(9(13)14)4-8(11)12/h6-7H,4-5H2,1-3,18H3,(H,11,12)(H,13,14). The normalized spacial score (nSPS) is 15.3. The number of methoxy groups -OCH3 is 3. The SMILES string of the molecule is COC(C[SiH3])C(OC)(OC)C(CC(=O)O)C(=O)O. The number of aliphatic carboxylic acids is 2. The summed E-state index contributed by atoms with van der Waals surface area (Å²) in [6.45, 7) is 0. The number of hydrogen-bond donors (Lipinski definition) is 2. The van der Waals surface area contributed by atoms with Crippen molar-refractivity contribution in [3.8, 4) is 0 Å². The summed E-state index contributed by atoms with van der Waals surface area (Å²) in [6.07, 6.45) is -1.22. The van der Waals surface area contributed by atoms with E-state index < -0.39 is 36.2 Å². The van der Waals surface area contributed by atoms with Crippen LogP contribution in [0.15, 0.2) is 0 Å². The van der Waals surface area contributed by atoms with E-state index in [2.05, 4.69) is 0 Å². The van der Waals surface area contributed by atoms with Crippen molar-refractivity contribution in [3.63, 3.8) is 0 Å². The molecule has 0 saturated heterocycles. The predicted octanol–water partition coefficient (Wildman–Crippen LogP) is -1.05. The molecule has 7 nitrogen and oxygen atoms in total. The number of rotatable bonds is 9. The second kappa shape index (κ2) is 7.47. The van der Waals surface area contributed by atoms with Gasteiger partial charge < -0.3 is 24.4 Å². The van der Waals surface area contributed by atoms with Crippen molar-refractivity contribution in [3.05, 3.63) is 0 Å². The summed E-state index contributed by atoms with van der Waals surface area (Å²) < 4.78 is 15.6. The maximum absolute atomic E-state index is 11.3. The molecule has 0 aliphatic carbocycles. The van der Waals surface area contributed by atoms with E-state index in [0.717, 1.165) is 10.2 Å². The molecule has 18 heavy (non-hydrogen) atoms. The molecule has 0 bridgehead atoms. The highest BCUT2D eigenvalue weighted by Gasteiger charge is 2.51. The second-order valence-electron chi connectivity index (χ2n) is 3.75. The van der Waals surface area contributed by atoms with Crippen LogP contribution in [0.25, 0.3) is 0 Å². The molecule has 0 aliphatic heterocycles. The van der Waals surface area contributed by atoms with E-state index in [1.54, 1.807) is 0 Å². The molecule has 0 aliphatic rings. The van der Waals surface area contributed by atoms with Gasteiger partial charge in [-0.25, -0.2) is 0 Å². The lowest BCUT2D eigenvalue weighted by atomic mass is 9.90. The van der Waals surface area contributed by atoms with E-state index in [1.165, 1.54) is 21.3 Å². The summed E-state index contributed by atoms with van der Waals surface area (Å²) in [5.74, 6) is -5.47. The topological polar surface area (TPSA) is 102 Å². The minimum Gasteiger partial charge on any atom is -0.481 e. The Bertz CT molecular complexity index is 286. The first-order valence-corrected chi connectivity index (χ1v) is 6.88. The molecular weight excluding hydrogens is 260 g/mol. The van der Waals surface area contributed by atoms with Crippen molar-refractivity contribution >= 4 is 22.2 Å². The van der Waals surface area contributed by atoms with Crippen LogP contribution in [0.4, 0.5) is 0 Å². The van der Waals surface area contributed by atoms with Crippen LogP contribution < -0.4 is 0 Å². The van der Waals surface area contributed by atoms with Crippen LogP contribution in [0.1, 0.15) is 6.42 Å². The Balaban J connectivity index is 5.48. The van der Waals surface area contributed by atoms with E-state index in [4.69, 9.17) is 19.3 Å². The summed E-state index contributed by atoms with van der Waals surface area (Å²) in [5.41, 5.74) is 0. The molecule has 0 aromatic carbocycles. The molecule has 0 heterocycles. The summed E-state index contributed by atoms with van der Waals surface area (Å²) in [5, 5.41) is 18.0. The van der Waals surface area contributed by atoms with Crippen LogP contribution in [0.3, 0.4) is 0 Å². The Hall–Kier alpha value is -0.963. The number of carboxylic acids is 2. The monoisotopic (exact) mass is 280 g/mol. The van der Waals surface area contributed by atoms with E-state index in [1.807, 2.05) is 0 Å². The van der Waals surface area contributed by atoms with Crippen LogP contribution >= 0.6 is 0 Å². The third-order valence-corrected chi connectivity index (χ3v) is 3.65. The highest BCUT2D eigenvalue weighted by atomic mass is 28.1. The first-order chi connectivity index (χ1) is 8.39. The van der Waals surface area contributed by atoms with Gasteiger partial charge in [-0.1, -0.05) is 0 Å². The van der Waals surface area contributed by atoms with Crippen LogP contribution in [0, 0.1) is 5.92 Å². The van der Waals surface area contributed by atoms with E-state index in [-0.39, 0.29) is 0 Å². The fraction of sp³-hybridized carbons (Fsp3) is 0.800. The number of carbonyl (C=O) groups is 2. The minimum atomic E-state index is -1.60. The second-order valence-corrected chi connectivity index (χ2v) is 4.57. The number of hydrogen-bond acceptors (Lipinski definition) is 5. The zero-order valence-electron chi connectivity index (χ0n) is 11.0. The summed E-state index contributed by atoms with van der Waals surface area (Å²) >= 11 is 0. The lowest BCUT2D eigenvalue weighted by Gasteiger charge is -2.40. The molecule has 0 saturated carbocycles. The zero-order valence-corrected chi connectivity index (χ0v) is 13.0. The van der Waals surface area contributed by atoms with Gasteiger partial charge in [0.2, 0.25) is 5.79 Å². The minimum absolute atomic E-state index is 0.557. The van der Waals surface area contributed by atoms with Crippen LogP contribution in [-0.4, -0.2) is 65.6 Å². The van der Waals surface area contributed by atoms with Gasteiger partial charge in [0, 0.05) is 31.6 Å². The Kier molecular flexibility index (Phi) is 7.07. The van der Waals surface area contributed by atoms with Gasteiger partial charge in [-0.2, -0.15) is 0 Å².